The Hall–Kier alpha value is -4.04. The van der Waals surface area contributed by atoms with Crippen molar-refractivity contribution in [2.45, 2.75) is 12.6 Å². The van der Waals surface area contributed by atoms with Crippen LogP contribution in [0.2, 0.25) is 0 Å². The molecule has 0 saturated carbocycles. The number of hydrogen-bond acceptors (Lipinski definition) is 6. The number of nitrogens with one attached hydrogen (secondary N) is 1. The molecular formula is C26H26FN5O2. The van der Waals surface area contributed by atoms with Gasteiger partial charge in [-0.15, -0.1) is 0 Å². The molecule has 3 N–H and O–H groups in total. The van der Waals surface area contributed by atoms with Gasteiger partial charge in [-0.05, 0) is 49.5 Å². The number of ether oxygens (including phenoxy) is 1. The molecule has 0 bridgehead atoms. The molecule has 4 aromatic rings. The van der Waals surface area contributed by atoms with Crippen LogP contribution >= 0.6 is 0 Å². The summed E-state index contributed by atoms with van der Waals surface area (Å²) in [6.45, 7) is 0.912. The Morgan fingerprint density at radius 3 is 2.59 bits per heavy atom. The molecule has 1 heterocycles. The molecule has 0 fully saturated rings. The van der Waals surface area contributed by atoms with Crippen LogP contribution in [-0.2, 0) is 6.61 Å². The van der Waals surface area contributed by atoms with Crippen LogP contribution in [0.15, 0.2) is 73.1 Å². The molecule has 1 amide bonds. The van der Waals surface area contributed by atoms with Gasteiger partial charge in [0.2, 0.25) is 0 Å². The quantitative estimate of drug-likeness (QED) is 0.390. The summed E-state index contributed by atoms with van der Waals surface area (Å²) in [4.78, 5) is 22.9. The highest BCUT2D eigenvalue weighted by Crippen LogP contribution is 2.31. The van der Waals surface area contributed by atoms with Gasteiger partial charge in [0.1, 0.15) is 30.3 Å². The SMILES string of the molecule is CN(C)CC(Nc1ncnc2c(C(N)=O)cc(OCc3ccccc3)cc12)c1cccc(F)c1. The number of hydrogen-bond donors (Lipinski definition) is 2. The maximum absolute atomic E-state index is 13.9. The lowest BCUT2D eigenvalue weighted by molar-refractivity contribution is 0.100. The van der Waals surface area contributed by atoms with E-state index in [0.29, 0.717) is 35.6 Å². The lowest BCUT2D eigenvalue weighted by Crippen LogP contribution is -2.26. The number of carbonyl (C=O) groups excluding carboxylic acids is 1. The number of anilines is 1. The zero-order valence-electron chi connectivity index (χ0n) is 19.0. The van der Waals surface area contributed by atoms with Crippen molar-refractivity contribution in [1.29, 1.82) is 0 Å². The van der Waals surface area contributed by atoms with Crippen molar-refractivity contribution in [1.82, 2.24) is 14.9 Å². The Labute approximate surface area is 197 Å². The van der Waals surface area contributed by atoms with E-state index in [-0.39, 0.29) is 17.4 Å². The maximum Gasteiger partial charge on any atom is 0.251 e. The average Bonchev–Trinajstić information content (AvgIpc) is 2.82. The molecule has 174 valence electrons. The summed E-state index contributed by atoms with van der Waals surface area (Å²) in [6, 6.07) is 19.2. The molecule has 4 rings (SSSR count). The van der Waals surface area contributed by atoms with E-state index in [1.165, 1.54) is 18.5 Å². The Kier molecular flexibility index (Phi) is 6.98. The first-order valence-corrected chi connectivity index (χ1v) is 10.8. The third kappa shape index (κ3) is 5.47. The summed E-state index contributed by atoms with van der Waals surface area (Å²) < 4.78 is 19.9. The number of likely N-dealkylation sites (N-methyl/N-ethyl adjacent to an activating group) is 1. The van der Waals surface area contributed by atoms with Gasteiger partial charge in [0.25, 0.3) is 5.91 Å². The molecule has 0 aliphatic heterocycles. The number of nitrogens with zero attached hydrogens (tertiary/aromatic N) is 3. The van der Waals surface area contributed by atoms with Gasteiger partial charge in [0.15, 0.2) is 0 Å². The molecule has 8 heteroatoms. The van der Waals surface area contributed by atoms with Crippen LogP contribution < -0.4 is 15.8 Å². The fourth-order valence-electron chi connectivity index (χ4n) is 3.76. The molecule has 1 aromatic heterocycles. The van der Waals surface area contributed by atoms with E-state index in [1.807, 2.05) is 55.4 Å². The summed E-state index contributed by atoms with van der Waals surface area (Å²) in [6.07, 6.45) is 1.37. The minimum atomic E-state index is -0.616. The fourth-order valence-corrected chi connectivity index (χ4v) is 3.76. The van der Waals surface area contributed by atoms with Gasteiger partial charge < -0.3 is 20.7 Å². The second kappa shape index (κ2) is 10.3. The van der Waals surface area contributed by atoms with Crippen LogP contribution in [0.3, 0.4) is 0 Å². The van der Waals surface area contributed by atoms with Gasteiger partial charge in [0.05, 0.1) is 17.1 Å². The van der Waals surface area contributed by atoms with Gasteiger partial charge in [-0.1, -0.05) is 42.5 Å². The minimum absolute atomic E-state index is 0.237. The van der Waals surface area contributed by atoms with Crippen molar-refractivity contribution in [3.63, 3.8) is 0 Å². The lowest BCUT2D eigenvalue weighted by Gasteiger charge is -2.24. The first-order chi connectivity index (χ1) is 16.4. The highest BCUT2D eigenvalue weighted by atomic mass is 19.1. The zero-order valence-corrected chi connectivity index (χ0v) is 19.0. The van der Waals surface area contributed by atoms with Gasteiger partial charge in [-0.3, -0.25) is 4.79 Å². The first kappa shape index (κ1) is 23.1. The van der Waals surface area contributed by atoms with Crippen LogP contribution in [0.4, 0.5) is 10.2 Å². The van der Waals surface area contributed by atoms with Crippen molar-refractivity contribution < 1.29 is 13.9 Å². The number of aromatic nitrogens is 2. The highest BCUT2D eigenvalue weighted by molar-refractivity contribution is 6.07. The van der Waals surface area contributed by atoms with Gasteiger partial charge >= 0.3 is 0 Å². The second-order valence-electron chi connectivity index (χ2n) is 8.24. The van der Waals surface area contributed by atoms with Gasteiger partial charge in [-0.25, -0.2) is 14.4 Å². The molecular weight excluding hydrogens is 433 g/mol. The summed E-state index contributed by atoms with van der Waals surface area (Å²) >= 11 is 0. The lowest BCUT2D eigenvalue weighted by atomic mass is 10.0. The fraction of sp³-hybridized carbons (Fsp3) is 0.192. The summed E-state index contributed by atoms with van der Waals surface area (Å²) in [5.41, 5.74) is 8.07. The number of carbonyl (C=O) groups is 1. The van der Waals surface area contributed by atoms with Crippen LogP contribution in [0.5, 0.6) is 5.75 Å². The topological polar surface area (TPSA) is 93.4 Å². The summed E-state index contributed by atoms with van der Waals surface area (Å²) in [5, 5.41) is 3.98. The van der Waals surface area contributed by atoms with Crippen LogP contribution in [0, 0.1) is 5.82 Å². The van der Waals surface area contributed by atoms with Crippen molar-refractivity contribution in [3.05, 3.63) is 95.6 Å². The average molecular weight is 460 g/mol. The molecule has 1 unspecified atom stereocenters. The predicted molar refractivity (Wildman–Crippen MR) is 130 cm³/mol. The molecule has 1 atom stereocenters. The Morgan fingerprint density at radius 2 is 1.88 bits per heavy atom. The Balaban J connectivity index is 1.73. The number of primary amides is 1. The van der Waals surface area contributed by atoms with E-state index in [2.05, 4.69) is 15.3 Å². The smallest absolute Gasteiger partial charge is 0.251 e. The number of benzene rings is 3. The number of nitrogens with two attached hydrogens (primary N) is 1. The van der Waals surface area contributed by atoms with Crippen molar-refractivity contribution >= 4 is 22.6 Å². The van der Waals surface area contributed by atoms with Crippen molar-refractivity contribution in [2.75, 3.05) is 26.0 Å². The molecule has 3 aromatic carbocycles. The van der Waals surface area contributed by atoms with E-state index < -0.39 is 5.91 Å². The summed E-state index contributed by atoms with van der Waals surface area (Å²) in [5.74, 6) is 0.0321. The number of amides is 1. The first-order valence-electron chi connectivity index (χ1n) is 10.8. The van der Waals surface area contributed by atoms with Gasteiger partial charge in [0, 0.05) is 11.9 Å². The van der Waals surface area contributed by atoms with E-state index >= 15 is 0 Å². The van der Waals surface area contributed by atoms with Gasteiger partial charge in [-0.2, -0.15) is 0 Å². The molecule has 7 nitrogen and oxygen atoms in total. The van der Waals surface area contributed by atoms with E-state index in [4.69, 9.17) is 10.5 Å². The normalized spacial score (nSPS) is 12.0. The minimum Gasteiger partial charge on any atom is -0.489 e. The maximum atomic E-state index is 13.9. The van der Waals surface area contributed by atoms with E-state index in [1.54, 1.807) is 18.2 Å². The Bertz CT molecular complexity index is 1300. The summed E-state index contributed by atoms with van der Waals surface area (Å²) in [7, 11) is 3.87. The molecule has 0 aliphatic rings. The predicted octanol–water partition coefficient (Wildman–Crippen LogP) is 4.16. The number of halogens is 1. The van der Waals surface area contributed by atoms with Crippen molar-refractivity contribution in [3.8, 4) is 5.75 Å². The molecule has 0 saturated heterocycles. The number of rotatable bonds is 9. The number of fused-ring (bicyclic) bond motifs is 1. The van der Waals surface area contributed by atoms with E-state index in [0.717, 1.165) is 11.1 Å². The van der Waals surface area contributed by atoms with Crippen LogP contribution in [0.1, 0.15) is 27.5 Å². The van der Waals surface area contributed by atoms with Crippen molar-refractivity contribution in [2.24, 2.45) is 5.73 Å². The second-order valence-corrected chi connectivity index (χ2v) is 8.24. The van der Waals surface area contributed by atoms with Crippen LogP contribution in [0.25, 0.3) is 10.9 Å². The van der Waals surface area contributed by atoms with Crippen LogP contribution in [-0.4, -0.2) is 41.4 Å². The molecule has 0 radical (unpaired) electrons. The largest absolute Gasteiger partial charge is 0.489 e. The third-order valence-corrected chi connectivity index (χ3v) is 5.34. The zero-order chi connectivity index (χ0) is 24.1. The highest BCUT2D eigenvalue weighted by Gasteiger charge is 2.19. The Morgan fingerprint density at radius 1 is 1.09 bits per heavy atom. The molecule has 0 spiro atoms. The standard InChI is InChI=1S/C26H26FN5O2/c1-32(2)14-23(18-9-6-10-19(27)11-18)31-26-22-13-20(34-15-17-7-4-3-5-8-17)12-21(25(28)33)24(22)29-16-30-26/h3-13,16,23H,14-15H2,1-2H3,(H2,28,33)(H,29,30,31). The molecule has 34 heavy (non-hydrogen) atoms. The third-order valence-electron chi connectivity index (χ3n) is 5.34. The monoisotopic (exact) mass is 459 g/mol. The van der Waals surface area contributed by atoms with E-state index in [9.17, 15) is 9.18 Å². The molecule has 0 aliphatic carbocycles.